The second-order valence-corrected chi connectivity index (χ2v) is 8.73. The van der Waals surface area contributed by atoms with Crippen molar-refractivity contribution in [2.24, 2.45) is 5.92 Å². The number of carbonyl (C=O) groups is 1. The zero-order valence-electron chi connectivity index (χ0n) is 13.6. The lowest BCUT2D eigenvalue weighted by atomic mass is 9.89. The van der Waals surface area contributed by atoms with Gasteiger partial charge in [0.2, 0.25) is 0 Å². The second kappa shape index (κ2) is 7.81. The van der Waals surface area contributed by atoms with Gasteiger partial charge in [-0.3, -0.25) is 10.1 Å². The Morgan fingerprint density at radius 3 is 2.92 bits per heavy atom. The van der Waals surface area contributed by atoms with Crippen molar-refractivity contribution in [2.45, 2.75) is 26.2 Å². The van der Waals surface area contributed by atoms with Crippen LogP contribution in [-0.4, -0.2) is 11.0 Å². The largest absolute Gasteiger partial charge is 0.323 e. The number of rotatable bonds is 2. The summed E-state index contributed by atoms with van der Waals surface area (Å²) in [5, 5.41) is 16.2. The number of benzene rings is 1. The van der Waals surface area contributed by atoms with Crippen molar-refractivity contribution in [2.75, 3.05) is 5.32 Å². The minimum Gasteiger partial charge on any atom is -0.323 e. The average molecular weight is 481 g/mol. The maximum atomic E-state index is 12.4. The summed E-state index contributed by atoms with van der Waals surface area (Å²) in [6, 6.07) is 9.61. The molecule has 3 rings (SSSR count). The number of carbonyl (C=O) groups excluding carboxylic acids is 1. The number of nitrogens with one attached hydrogen (secondary N) is 2. The van der Waals surface area contributed by atoms with Crippen LogP contribution in [0.4, 0.5) is 5.00 Å². The molecule has 2 aromatic rings. The van der Waals surface area contributed by atoms with Gasteiger partial charge in [0, 0.05) is 8.45 Å². The molecule has 0 spiro atoms. The summed E-state index contributed by atoms with van der Waals surface area (Å²) < 4.78 is 0.860. The second-order valence-electron chi connectivity index (χ2n) is 6.06. The van der Waals surface area contributed by atoms with Crippen LogP contribution < -0.4 is 10.6 Å². The van der Waals surface area contributed by atoms with Gasteiger partial charge in [0.25, 0.3) is 5.91 Å². The van der Waals surface area contributed by atoms with Gasteiger partial charge in [0.15, 0.2) is 5.11 Å². The van der Waals surface area contributed by atoms with Gasteiger partial charge in [-0.25, -0.2) is 0 Å². The molecule has 0 unspecified atom stereocenters. The van der Waals surface area contributed by atoms with Crippen molar-refractivity contribution in [3.63, 3.8) is 0 Å². The fourth-order valence-corrected chi connectivity index (χ4v) is 5.16. The summed E-state index contributed by atoms with van der Waals surface area (Å²) >= 11 is 8.97. The van der Waals surface area contributed by atoms with Crippen LogP contribution in [0.1, 0.15) is 39.7 Å². The molecule has 4 nitrogen and oxygen atoms in total. The van der Waals surface area contributed by atoms with E-state index in [1.54, 1.807) is 17.4 Å². The molecule has 1 amide bonds. The monoisotopic (exact) mass is 481 g/mol. The summed E-state index contributed by atoms with van der Waals surface area (Å²) in [7, 11) is 0. The third-order valence-electron chi connectivity index (χ3n) is 4.20. The van der Waals surface area contributed by atoms with Gasteiger partial charge in [-0.05, 0) is 77.7 Å². The predicted octanol–water partition coefficient (Wildman–Crippen LogP) is 4.48. The van der Waals surface area contributed by atoms with Crippen LogP contribution >= 0.6 is 46.1 Å². The number of hydrogen-bond acceptors (Lipinski definition) is 4. The highest BCUT2D eigenvalue weighted by molar-refractivity contribution is 14.1. The molecule has 0 radical (unpaired) electrons. The number of fused-ring (bicyclic) bond motifs is 1. The maximum Gasteiger partial charge on any atom is 0.258 e. The molecule has 1 atom stereocenters. The summed E-state index contributed by atoms with van der Waals surface area (Å²) in [5.74, 6) is 0.383. The topological polar surface area (TPSA) is 64.9 Å². The molecule has 0 bridgehead atoms. The van der Waals surface area contributed by atoms with E-state index >= 15 is 0 Å². The van der Waals surface area contributed by atoms with Crippen molar-refractivity contribution < 1.29 is 4.79 Å². The number of nitrogens with zero attached hydrogens (tertiary/aromatic N) is 1. The molecule has 128 valence electrons. The standard InChI is InChI=1S/C18H16IN3OS2/c1-10-6-7-11-13(9-20)17(25-15(11)8-10)22-18(24)21-16(23)12-4-2-3-5-14(12)19/h2-5,10H,6-8H2,1H3,(H2,21,22,23,24)/t10-/m0/s1. The van der Waals surface area contributed by atoms with E-state index < -0.39 is 0 Å². The molecule has 1 aromatic carbocycles. The van der Waals surface area contributed by atoms with Gasteiger partial charge < -0.3 is 5.32 Å². The lowest BCUT2D eigenvalue weighted by molar-refractivity contribution is 0.0977. The fraction of sp³-hybridized carbons (Fsp3) is 0.278. The number of halogens is 1. The normalized spacial score (nSPS) is 15.8. The zero-order chi connectivity index (χ0) is 18.0. The quantitative estimate of drug-likeness (QED) is 0.491. The molecular weight excluding hydrogens is 465 g/mol. The van der Waals surface area contributed by atoms with Gasteiger partial charge in [-0.15, -0.1) is 11.3 Å². The maximum absolute atomic E-state index is 12.4. The van der Waals surface area contributed by atoms with Crippen molar-refractivity contribution in [1.82, 2.24) is 5.32 Å². The molecular formula is C18H16IN3OS2. The lowest BCUT2D eigenvalue weighted by Crippen LogP contribution is -2.34. The minimum atomic E-state index is -0.254. The van der Waals surface area contributed by atoms with Crippen LogP contribution in [0.15, 0.2) is 24.3 Å². The molecule has 2 N–H and O–H groups in total. The van der Waals surface area contributed by atoms with E-state index in [1.165, 1.54) is 4.88 Å². The Kier molecular flexibility index (Phi) is 5.71. The molecule has 7 heteroatoms. The first-order chi connectivity index (χ1) is 12.0. The average Bonchev–Trinajstić information content (AvgIpc) is 2.90. The van der Waals surface area contributed by atoms with Crippen molar-refractivity contribution in [1.29, 1.82) is 5.26 Å². The van der Waals surface area contributed by atoms with E-state index in [2.05, 4.69) is 46.2 Å². The minimum absolute atomic E-state index is 0.216. The van der Waals surface area contributed by atoms with E-state index in [9.17, 15) is 10.1 Å². The van der Waals surface area contributed by atoms with Gasteiger partial charge in [-0.2, -0.15) is 5.26 Å². The Balaban J connectivity index is 1.75. The fourth-order valence-electron chi connectivity index (χ4n) is 2.91. The molecule has 1 heterocycles. The van der Waals surface area contributed by atoms with Gasteiger partial charge in [0.05, 0.1) is 11.1 Å². The lowest BCUT2D eigenvalue weighted by Gasteiger charge is -2.17. The van der Waals surface area contributed by atoms with E-state index in [-0.39, 0.29) is 11.0 Å². The van der Waals surface area contributed by atoms with Crippen LogP contribution in [0, 0.1) is 20.8 Å². The molecule has 0 fully saturated rings. The number of nitriles is 1. The third-order valence-corrected chi connectivity index (χ3v) is 6.51. The number of hydrogen-bond donors (Lipinski definition) is 2. The number of anilines is 1. The van der Waals surface area contributed by atoms with E-state index in [0.29, 0.717) is 17.0 Å². The Bertz CT molecular complexity index is 885. The molecule has 0 saturated carbocycles. The van der Waals surface area contributed by atoms with Crippen LogP contribution in [-0.2, 0) is 12.8 Å². The Morgan fingerprint density at radius 1 is 1.44 bits per heavy atom. The first kappa shape index (κ1) is 18.3. The highest BCUT2D eigenvalue weighted by atomic mass is 127. The number of thiocarbonyl (C=S) groups is 1. The van der Waals surface area contributed by atoms with E-state index in [4.69, 9.17) is 12.2 Å². The summed E-state index contributed by atoms with van der Waals surface area (Å²) in [6.45, 7) is 2.23. The number of thiophene rings is 1. The molecule has 0 aliphatic heterocycles. The molecule has 25 heavy (non-hydrogen) atoms. The van der Waals surface area contributed by atoms with Crippen molar-refractivity contribution in [3.8, 4) is 6.07 Å². The number of amides is 1. The van der Waals surface area contributed by atoms with E-state index in [1.807, 2.05) is 18.2 Å². The van der Waals surface area contributed by atoms with Crippen LogP contribution in [0.25, 0.3) is 0 Å². The SMILES string of the molecule is C[C@H]1CCc2c(sc(NC(=S)NC(=O)c3ccccc3I)c2C#N)C1. The van der Waals surface area contributed by atoms with Gasteiger partial charge in [-0.1, -0.05) is 19.1 Å². The first-order valence-corrected chi connectivity index (χ1v) is 10.2. The summed E-state index contributed by atoms with van der Waals surface area (Å²) in [6.07, 6.45) is 3.03. The summed E-state index contributed by atoms with van der Waals surface area (Å²) in [5.41, 5.74) is 2.38. The molecule has 1 aromatic heterocycles. The molecule has 1 aliphatic carbocycles. The van der Waals surface area contributed by atoms with Crippen molar-refractivity contribution >= 4 is 62.2 Å². The van der Waals surface area contributed by atoms with Crippen LogP contribution in [0.3, 0.4) is 0 Å². The van der Waals surface area contributed by atoms with E-state index in [0.717, 1.165) is 33.4 Å². The smallest absolute Gasteiger partial charge is 0.258 e. The highest BCUT2D eigenvalue weighted by Crippen LogP contribution is 2.39. The molecule has 0 saturated heterocycles. The Hall–Kier alpha value is -1.50. The third kappa shape index (κ3) is 4.02. The first-order valence-electron chi connectivity index (χ1n) is 7.91. The summed E-state index contributed by atoms with van der Waals surface area (Å²) in [4.78, 5) is 13.6. The van der Waals surface area contributed by atoms with Gasteiger partial charge in [0.1, 0.15) is 11.1 Å². The van der Waals surface area contributed by atoms with Crippen molar-refractivity contribution in [3.05, 3.63) is 49.4 Å². The highest BCUT2D eigenvalue weighted by Gasteiger charge is 2.24. The Morgan fingerprint density at radius 2 is 2.20 bits per heavy atom. The van der Waals surface area contributed by atoms with Crippen LogP contribution in [0.2, 0.25) is 0 Å². The van der Waals surface area contributed by atoms with Gasteiger partial charge >= 0.3 is 0 Å². The Labute approximate surface area is 169 Å². The zero-order valence-corrected chi connectivity index (χ0v) is 17.3. The predicted molar refractivity (Wildman–Crippen MR) is 113 cm³/mol. The van der Waals surface area contributed by atoms with Crippen LogP contribution in [0.5, 0.6) is 0 Å². The molecule has 1 aliphatic rings.